The molecule has 0 saturated heterocycles. The van der Waals surface area contributed by atoms with E-state index in [1.807, 2.05) is 6.26 Å². The average molecular weight is 248 g/mol. The maximum atomic E-state index is 11.7. The lowest BCUT2D eigenvalue weighted by atomic mass is 9.81. The van der Waals surface area contributed by atoms with Gasteiger partial charge in [-0.2, -0.15) is 11.8 Å². The molecule has 0 amide bonds. The maximum absolute atomic E-state index is 11.7. The van der Waals surface area contributed by atoms with Crippen molar-refractivity contribution in [2.24, 2.45) is 5.41 Å². The predicted octanol–water partition coefficient (Wildman–Crippen LogP) is 2.17. The molecular weight excluding hydrogens is 228 g/mol. The molecule has 0 aromatic rings. The number of carboxylic acid groups (broad SMARTS) is 1. The number of carboxylic acids is 1. The van der Waals surface area contributed by atoms with Crippen LogP contribution in [0.4, 0.5) is 0 Å². The van der Waals surface area contributed by atoms with E-state index >= 15 is 0 Å². The Labute approximate surface area is 101 Å². The molecule has 0 spiro atoms. The molecule has 0 fully saturated rings. The van der Waals surface area contributed by atoms with Crippen molar-refractivity contribution in [2.75, 3.05) is 18.6 Å². The summed E-state index contributed by atoms with van der Waals surface area (Å²) in [5.41, 5.74) is -1.36. The van der Waals surface area contributed by atoms with Crippen molar-refractivity contribution in [3.8, 4) is 0 Å². The number of carbonyl (C=O) groups is 2. The van der Waals surface area contributed by atoms with Crippen LogP contribution in [0.3, 0.4) is 0 Å². The molecule has 0 aliphatic rings. The van der Waals surface area contributed by atoms with E-state index in [2.05, 4.69) is 0 Å². The SMILES string of the molecule is CCOC(=O)C(CC)(CCCSC)C(=O)O. The van der Waals surface area contributed by atoms with Crippen molar-refractivity contribution in [2.45, 2.75) is 33.1 Å². The fourth-order valence-corrected chi connectivity index (χ4v) is 1.99. The molecule has 0 saturated carbocycles. The summed E-state index contributed by atoms with van der Waals surface area (Å²) in [5, 5.41) is 9.21. The third kappa shape index (κ3) is 3.70. The quantitative estimate of drug-likeness (QED) is 0.405. The molecule has 1 unspecified atom stereocenters. The normalized spacial score (nSPS) is 14.2. The summed E-state index contributed by atoms with van der Waals surface area (Å²) in [6.45, 7) is 3.61. The average Bonchev–Trinajstić information content (AvgIpc) is 2.24. The molecule has 1 atom stereocenters. The van der Waals surface area contributed by atoms with Gasteiger partial charge in [0.15, 0.2) is 5.41 Å². The number of rotatable bonds is 8. The van der Waals surface area contributed by atoms with Crippen LogP contribution in [-0.2, 0) is 14.3 Å². The molecule has 94 valence electrons. The molecule has 0 radical (unpaired) electrons. The first kappa shape index (κ1) is 15.3. The van der Waals surface area contributed by atoms with Gasteiger partial charge in [-0.1, -0.05) is 6.92 Å². The zero-order valence-corrected chi connectivity index (χ0v) is 10.9. The molecular formula is C11H20O4S. The van der Waals surface area contributed by atoms with Crippen molar-refractivity contribution < 1.29 is 19.4 Å². The Morgan fingerprint density at radius 1 is 1.38 bits per heavy atom. The first-order valence-electron chi connectivity index (χ1n) is 5.44. The van der Waals surface area contributed by atoms with Crippen LogP contribution >= 0.6 is 11.8 Å². The first-order chi connectivity index (χ1) is 7.55. The fraction of sp³-hybridized carbons (Fsp3) is 0.818. The molecule has 0 aromatic carbocycles. The smallest absolute Gasteiger partial charge is 0.323 e. The number of thioether (sulfide) groups is 1. The standard InChI is InChI=1S/C11H20O4S/c1-4-11(9(12)13,7-6-8-16-3)10(14)15-5-2/h4-8H2,1-3H3,(H,12,13). The molecule has 0 rings (SSSR count). The lowest BCUT2D eigenvalue weighted by Gasteiger charge is -2.25. The van der Waals surface area contributed by atoms with Crippen LogP contribution < -0.4 is 0 Å². The highest BCUT2D eigenvalue weighted by Gasteiger charge is 2.45. The second-order valence-corrected chi connectivity index (χ2v) is 4.54. The summed E-state index contributed by atoms with van der Waals surface area (Å²) >= 11 is 1.64. The van der Waals surface area contributed by atoms with Crippen molar-refractivity contribution >= 4 is 23.7 Å². The second kappa shape index (κ2) is 7.54. The molecule has 1 N–H and O–H groups in total. The molecule has 16 heavy (non-hydrogen) atoms. The third-order valence-corrected chi connectivity index (χ3v) is 3.33. The van der Waals surface area contributed by atoms with Crippen molar-refractivity contribution in [3.05, 3.63) is 0 Å². The van der Waals surface area contributed by atoms with Crippen LogP contribution in [0, 0.1) is 5.41 Å². The third-order valence-electron chi connectivity index (χ3n) is 2.63. The monoisotopic (exact) mass is 248 g/mol. The summed E-state index contributed by atoms with van der Waals surface area (Å²) in [5.74, 6) is -0.824. The molecule has 0 aromatic heterocycles. The maximum Gasteiger partial charge on any atom is 0.323 e. The summed E-state index contributed by atoms with van der Waals surface area (Å²) < 4.78 is 4.86. The zero-order chi connectivity index (χ0) is 12.6. The Bertz CT molecular complexity index is 242. The molecule has 0 aliphatic heterocycles. The predicted molar refractivity (Wildman–Crippen MR) is 64.6 cm³/mol. The number of aliphatic carboxylic acids is 1. The van der Waals surface area contributed by atoms with Crippen LogP contribution in [-0.4, -0.2) is 35.7 Å². The summed E-state index contributed by atoms with van der Waals surface area (Å²) in [4.78, 5) is 23.0. The Kier molecular flexibility index (Phi) is 7.21. The fourth-order valence-electron chi connectivity index (χ4n) is 1.56. The first-order valence-corrected chi connectivity index (χ1v) is 6.84. The van der Waals surface area contributed by atoms with Gasteiger partial charge in [-0.15, -0.1) is 0 Å². The number of esters is 1. The van der Waals surface area contributed by atoms with E-state index < -0.39 is 17.4 Å². The van der Waals surface area contributed by atoms with Gasteiger partial charge < -0.3 is 9.84 Å². The van der Waals surface area contributed by atoms with Gasteiger partial charge in [-0.25, -0.2) is 0 Å². The largest absolute Gasteiger partial charge is 0.480 e. The minimum Gasteiger partial charge on any atom is -0.480 e. The minimum absolute atomic E-state index is 0.219. The molecule has 0 bridgehead atoms. The molecule has 4 nitrogen and oxygen atoms in total. The van der Waals surface area contributed by atoms with Gasteiger partial charge in [0.2, 0.25) is 0 Å². The van der Waals surface area contributed by atoms with Gasteiger partial charge in [0.25, 0.3) is 0 Å². The Hall–Kier alpha value is -0.710. The number of hydrogen-bond acceptors (Lipinski definition) is 4. The van der Waals surface area contributed by atoms with E-state index in [0.29, 0.717) is 12.8 Å². The van der Waals surface area contributed by atoms with Crippen LogP contribution in [0.1, 0.15) is 33.1 Å². The summed E-state index contributed by atoms with van der Waals surface area (Å²) in [6.07, 6.45) is 3.28. The zero-order valence-electron chi connectivity index (χ0n) is 10.1. The van der Waals surface area contributed by atoms with Gasteiger partial charge in [0.1, 0.15) is 0 Å². The van der Waals surface area contributed by atoms with E-state index in [-0.39, 0.29) is 13.0 Å². The lowest BCUT2D eigenvalue weighted by Crippen LogP contribution is -2.40. The van der Waals surface area contributed by atoms with E-state index in [1.165, 1.54) is 0 Å². The molecule has 0 aliphatic carbocycles. The van der Waals surface area contributed by atoms with Crippen molar-refractivity contribution in [3.63, 3.8) is 0 Å². The van der Waals surface area contributed by atoms with E-state index in [4.69, 9.17) is 4.74 Å². The van der Waals surface area contributed by atoms with Gasteiger partial charge >= 0.3 is 11.9 Å². The highest BCUT2D eigenvalue weighted by atomic mass is 32.2. The molecule has 5 heteroatoms. The van der Waals surface area contributed by atoms with Crippen LogP contribution in [0.25, 0.3) is 0 Å². The van der Waals surface area contributed by atoms with Crippen LogP contribution in [0.2, 0.25) is 0 Å². The van der Waals surface area contributed by atoms with Crippen LogP contribution in [0.15, 0.2) is 0 Å². The van der Waals surface area contributed by atoms with Crippen LogP contribution in [0.5, 0.6) is 0 Å². The Morgan fingerprint density at radius 3 is 2.38 bits per heavy atom. The minimum atomic E-state index is -1.36. The van der Waals surface area contributed by atoms with Crippen molar-refractivity contribution in [1.29, 1.82) is 0 Å². The van der Waals surface area contributed by atoms with E-state index in [1.54, 1.807) is 25.6 Å². The van der Waals surface area contributed by atoms with Gasteiger partial charge in [-0.05, 0) is 38.2 Å². The van der Waals surface area contributed by atoms with Gasteiger partial charge in [0.05, 0.1) is 6.61 Å². The van der Waals surface area contributed by atoms with Crippen molar-refractivity contribution in [1.82, 2.24) is 0 Å². The number of carbonyl (C=O) groups excluding carboxylic acids is 1. The highest BCUT2D eigenvalue weighted by Crippen LogP contribution is 2.31. The van der Waals surface area contributed by atoms with E-state index in [9.17, 15) is 14.7 Å². The highest BCUT2D eigenvalue weighted by molar-refractivity contribution is 7.98. The van der Waals surface area contributed by atoms with Gasteiger partial charge in [0, 0.05) is 0 Å². The number of ether oxygens (including phenoxy) is 1. The number of hydrogen-bond donors (Lipinski definition) is 1. The van der Waals surface area contributed by atoms with Gasteiger partial charge in [-0.3, -0.25) is 9.59 Å². The Balaban J connectivity index is 4.71. The lowest BCUT2D eigenvalue weighted by molar-refractivity contribution is -0.169. The van der Waals surface area contributed by atoms with E-state index in [0.717, 1.165) is 5.75 Å². The second-order valence-electron chi connectivity index (χ2n) is 3.56. The topological polar surface area (TPSA) is 63.6 Å². The molecule has 0 heterocycles. The summed E-state index contributed by atoms with van der Waals surface area (Å²) in [7, 11) is 0. The summed E-state index contributed by atoms with van der Waals surface area (Å²) in [6, 6.07) is 0. The Morgan fingerprint density at radius 2 is 2.00 bits per heavy atom.